The fourth-order valence-electron chi connectivity index (χ4n) is 2.09. The number of ether oxygens (including phenoxy) is 1. The van der Waals surface area contributed by atoms with Crippen LogP contribution >= 0.6 is 0 Å². The van der Waals surface area contributed by atoms with E-state index in [1.807, 2.05) is 6.07 Å². The first kappa shape index (κ1) is 22.2. The Morgan fingerprint density at radius 3 is 2.24 bits per heavy atom. The summed E-state index contributed by atoms with van der Waals surface area (Å²) >= 11 is 0. The fourth-order valence-corrected chi connectivity index (χ4v) is 3.10. The van der Waals surface area contributed by atoms with Crippen molar-refractivity contribution in [2.24, 2.45) is 0 Å². The summed E-state index contributed by atoms with van der Waals surface area (Å²) in [4.78, 5) is 11.8. The number of carbonyl (C=O) groups is 1. The van der Waals surface area contributed by atoms with Crippen LogP contribution in [0.3, 0.4) is 0 Å². The Morgan fingerprint density at radius 2 is 1.72 bits per heavy atom. The van der Waals surface area contributed by atoms with Crippen molar-refractivity contribution in [3.05, 3.63) is 54.1 Å². The van der Waals surface area contributed by atoms with Gasteiger partial charge in [-0.1, -0.05) is 0 Å². The van der Waals surface area contributed by atoms with Gasteiger partial charge in [0.05, 0.1) is 16.5 Å². The molecule has 154 valence electrons. The molecule has 29 heavy (non-hydrogen) atoms. The van der Waals surface area contributed by atoms with Crippen molar-refractivity contribution in [1.29, 1.82) is 5.26 Å². The number of amides is 1. The van der Waals surface area contributed by atoms with Crippen LogP contribution in [0.15, 0.2) is 53.4 Å². The van der Waals surface area contributed by atoms with E-state index in [1.54, 1.807) is 0 Å². The Balaban J connectivity index is 1.97. The van der Waals surface area contributed by atoms with E-state index in [0.717, 1.165) is 12.1 Å². The zero-order valence-electron chi connectivity index (χ0n) is 15.0. The van der Waals surface area contributed by atoms with Gasteiger partial charge in [0.15, 0.2) is 6.10 Å². The molecule has 2 N–H and O–H groups in total. The van der Waals surface area contributed by atoms with Crippen LogP contribution < -0.4 is 14.8 Å². The second-order valence-electron chi connectivity index (χ2n) is 5.85. The molecule has 0 saturated carbocycles. The van der Waals surface area contributed by atoms with Crippen molar-refractivity contribution < 1.29 is 31.1 Å². The van der Waals surface area contributed by atoms with E-state index in [9.17, 15) is 26.4 Å². The van der Waals surface area contributed by atoms with E-state index in [0.29, 0.717) is 11.3 Å². The van der Waals surface area contributed by atoms with E-state index in [2.05, 4.69) is 5.32 Å². The van der Waals surface area contributed by atoms with Crippen LogP contribution in [0.5, 0.6) is 5.75 Å². The summed E-state index contributed by atoms with van der Waals surface area (Å²) in [6, 6.07) is 12.7. The molecule has 11 heteroatoms. The lowest BCUT2D eigenvalue weighted by Crippen LogP contribution is -2.33. The van der Waals surface area contributed by atoms with E-state index < -0.39 is 34.8 Å². The lowest BCUT2D eigenvalue weighted by molar-refractivity contribution is -0.122. The molecular weight excluding hydrogens is 411 g/mol. The molecule has 2 rings (SSSR count). The number of benzene rings is 2. The maximum atomic E-state index is 12.2. The molecule has 0 radical (unpaired) electrons. The lowest BCUT2D eigenvalue weighted by atomic mass is 10.2. The first-order chi connectivity index (χ1) is 13.5. The summed E-state index contributed by atoms with van der Waals surface area (Å²) in [7, 11) is -4.33. The number of hydrogen-bond acceptors (Lipinski definition) is 5. The number of nitriles is 1. The summed E-state index contributed by atoms with van der Waals surface area (Å²) in [5, 5.41) is 11.3. The van der Waals surface area contributed by atoms with E-state index in [-0.39, 0.29) is 10.6 Å². The number of carbonyl (C=O) groups excluding carboxylic acids is 1. The number of hydrogen-bond donors (Lipinski definition) is 2. The van der Waals surface area contributed by atoms with Gasteiger partial charge in [-0.05, 0) is 55.5 Å². The highest BCUT2D eigenvalue weighted by atomic mass is 32.2. The number of alkyl halides is 3. The normalized spacial score (nSPS) is 12.7. The first-order valence-electron chi connectivity index (χ1n) is 8.14. The van der Waals surface area contributed by atoms with Crippen LogP contribution in [-0.2, 0) is 14.8 Å². The third kappa shape index (κ3) is 6.78. The second kappa shape index (κ2) is 8.93. The van der Waals surface area contributed by atoms with Gasteiger partial charge in [0.1, 0.15) is 12.3 Å². The van der Waals surface area contributed by atoms with Gasteiger partial charge in [-0.3, -0.25) is 4.79 Å². The molecule has 0 aliphatic rings. The third-order valence-corrected chi connectivity index (χ3v) is 4.98. The SMILES string of the molecule is CC(Oc1ccc(C#N)cc1)C(=O)Nc1ccc(S(=O)(=O)NCC(F)(F)F)cc1. The molecule has 2 aromatic rings. The standard InChI is InChI=1S/C18H16F3N3O4S/c1-12(28-15-6-2-13(10-22)3-7-15)17(25)24-14-4-8-16(9-5-14)29(26,27)23-11-18(19,20)21/h2-9,12,23H,11H2,1H3,(H,24,25). The minimum absolute atomic E-state index is 0.236. The highest BCUT2D eigenvalue weighted by molar-refractivity contribution is 7.89. The Morgan fingerprint density at radius 1 is 1.14 bits per heavy atom. The van der Waals surface area contributed by atoms with Gasteiger partial charge >= 0.3 is 6.18 Å². The van der Waals surface area contributed by atoms with Crippen LogP contribution in [0.1, 0.15) is 12.5 Å². The van der Waals surface area contributed by atoms with Crippen LogP contribution in [0.4, 0.5) is 18.9 Å². The highest BCUT2D eigenvalue weighted by Crippen LogP contribution is 2.18. The van der Waals surface area contributed by atoms with Gasteiger partial charge in [0.2, 0.25) is 10.0 Å². The Bertz CT molecular complexity index is 999. The fraction of sp³-hybridized carbons (Fsp3) is 0.222. The highest BCUT2D eigenvalue weighted by Gasteiger charge is 2.30. The second-order valence-corrected chi connectivity index (χ2v) is 7.62. The zero-order valence-corrected chi connectivity index (χ0v) is 15.8. The molecule has 1 unspecified atom stereocenters. The predicted molar refractivity (Wildman–Crippen MR) is 97.6 cm³/mol. The number of nitrogens with one attached hydrogen (secondary N) is 2. The Kier molecular flexibility index (Phi) is 6.84. The smallest absolute Gasteiger partial charge is 0.402 e. The zero-order chi connectivity index (χ0) is 21.7. The summed E-state index contributed by atoms with van der Waals surface area (Å²) in [6.07, 6.45) is -5.58. The van der Waals surface area contributed by atoms with Gasteiger partial charge in [-0.25, -0.2) is 13.1 Å². The molecule has 0 aromatic heterocycles. The molecule has 0 aliphatic carbocycles. The molecule has 0 saturated heterocycles. The quantitative estimate of drug-likeness (QED) is 0.707. The summed E-state index contributed by atoms with van der Waals surface area (Å²) < 4.78 is 67.1. The molecule has 7 nitrogen and oxygen atoms in total. The largest absolute Gasteiger partial charge is 0.481 e. The minimum atomic E-state index is -4.67. The molecule has 1 atom stereocenters. The summed E-state index contributed by atoms with van der Waals surface area (Å²) in [6.45, 7) is -0.189. The van der Waals surface area contributed by atoms with Gasteiger partial charge in [-0.15, -0.1) is 0 Å². The topological polar surface area (TPSA) is 108 Å². The van der Waals surface area contributed by atoms with E-state index in [1.165, 1.54) is 48.0 Å². The van der Waals surface area contributed by atoms with E-state index >= 15 is 0 Å². The van der Waals surface area contributed by atoms with Crippen LogP contribution in [0.2, 0.25) is 0 Å². The van der Waals surface area contributed by atoms with Gasteiger partial charge in [0, 0.05) is 5.69 Å². The molecule has 0 heterocycles. The average Bonchev–Trinajstić information content (AvgIpc) is 2.67. The monoisotopic (exact) mass is 427 g/mol. The summed E-state index contributed by atoms with van der Waals surface area (Å²) in [5.74, 6) is -0.149. The van der Waals surface area contributed by atoms with Crippen LogP contribution in [-0.4, -0.2) is 33.1 Å². The van der Waals surface area contributed by atoms with Crippen LogP contribution in [0, 0.1) is 11.3 Å². The van der Waals surface area contributed by atoms with Crippen molar-refractivity contribution in [3.63, 3.8) is 0 Å². The van der Waals surface area contributed by atoms with E-state index in [4.69, 9.17) is 10.00 Å². The van der Waals surface area contributed by atoms with Gasteiger partial charge in [0.25, 0.3) is 5.91 Å². The molecular formula is C18H16F3N3O4S. The molecule has 0 aliphatic heterocycles. The van der Waals surface area contributed by atoms with Crippen LogP contribution in [0.25, 0.3) is 0 Å². The van der Waals surface area contributed by atoms with Crippen molar-refractivity contribution in [2.45, 2.75) is 24.1 Å². The van der Waals surface area contributed by atoms with Crippen molar-refractivity contribution in [1.82, 2.24) is 4.72 Å². The molecule has 2 aromatic carbocycles. The lowest BCUT2D eigenvalue weighted by Gasteiger charge is -2.15. The van der Waals surface area contributed by atoms with Crippen molar-refractivity contribution >= 4 is 21.6 Å². The average molecular weight is 427 g/mol. The Hall–Kier alpha value is -3.10. The summed E-state index contributed by atoms with van der Waals surface area (Å²) in [5.41, 5.74) is 0.675. The van der Waals surface area contributed by atoms with Crippen molar-refractivity contribution in [2.75, 3.05) is 11.9 Å². The number of halogens is 3. The molecule has 0 spiro atoms. The predicted octanol–water partition coefficient (Wildman–Crippen LogP) is 2.80. The van der Waals surface area contributed by atoms with Gasteiger partial charge in [-0.2, -0.15) is 18.4 Å². The number of anilines is 1. The minimum Gasteiger partial charge on any atom is -0.481 e. The molecule has 0 fully saturated rings. The number of sulfonamides is 1. The maximum absolute atomic E-state index is 12.2. The third-order valence-electron chi connectivity index (χ3n) is 3.56. The number of nitrogens with zero attached hydrogens (tertiary/aromatic N) is 1. The molecule has 0 bridgehead atoms. The van der Waals surface area contributed by atoms with Crippen molar-refractivity contribution in [3.8, 4) is 11.8 Å². The Labute approximate surface area is 165 Å². The maximum Gasteiger partial charge on any atom is 0.402 e. The van der Waals surface area contributed by atoms with Gasteiger partial charge < -0.3 is 10.1 Å². The molecule has 1 amide bonds. The first-order valence-corrected chi connectivity index (χ1v) is 9.63. The number of rotatable bonds is 7.